The maximum Gasteiger partial charge on any atom is 0.330 e. The van der Waals surface area contributed by atoms with Crippen molar-refractivity contribution in [2.24, 2.45) is 0 Å². The first-order chi connectivity index (χ1) is 6.70. The van der Waals surface area contributed by atoms with Crippen LogP contribution < -0.4 is 0 Å². The fraction of sp³-hybridized carbons (Fsp3) is 0.400. The summed E-state index contributed by atoms with van der Waals surface area (Å²) in [6.45, 7) is 4.12. The van der Waals surface area contributed by atoms with Gasteiger partial charge in [-0.05, 0) is 13.8 Å². The van der Waals surface area contributed by atoms with Gasteiger partial charge in [-0.2, -0.15) is 0 Å². The van der Waals surface area contributed by atoms with Gasteiger partial charge in [0, 0.05) is 12.2 Å². The van der Waals surface area contributed by atoms with Crippen LogP contribution in [0.15, 0.2) is 24.3 Å². The third-order valence-electron chi connectivity index (χ3n) is 1.15. The van der Waals surface area contributed by atoms with Crippen LogP contribution in [0.2, 0.25) is 0 Å². The molecule has 0 heterocycles. The number of allylic oxidation sites excluding steroid dienone is 2. The van der Waals surface area contributed by atoms with Gasteiger partial charge in [0.2, 0.25) is 0 Å². The lowest BCUT2D eigenvalue weighted by atomic mass is 10.4. The van der Waals surface area contributed by atoms with E-state index in [1.807, 2.05) is 0 Å². The lowest BCUT2D eigenvalue weighted by Gasteiger charge is -1.93. The largest absolute Gasteiger partial charge is 0.463 e. The Morgan fingerprint density at radius 1 is 0.929 bits per heavy atom. The topological polar surface area (TPSA) is 52.6 Å². The number of hydrogen-bond acceptors (Lipinski definition) is 4. The summed E-state index contributed by atoms with van der Waals surface area (Å²) in [6.07, 6.45) is 5.32. The number of carbonyl (C=O) groups excluding carboxylic acids is 2. The summed E-state index contributed by atoms with van der Waals surface area (Å²) in [5, 5.41) is 0. The zero-order chi connectivity index (χ0) is 10.8. The molecule has 4 nitrogen and oxygen atoms in total. The molecule has 0 aliphatic carbocycles. The maximum atomic E-state index is 10.8. The minimum Gasteiger partial charge on any atom is -0.463 e. The maximum absolute atomic E-state index is 10.8. The first kappa shape index (κ1) is 12.4. The molecule has 0 aliphatic rings. The van der Waals surface area contributed by atoms with Crippen molar-refractivity contribution in [2.45, 2.75) is 13.8 Å². The van der Waals surface area contributed by atoms with E-state index in [-0.39, 0.29) is 0 Å². The van der Waals surface area contributed by atoms with Crippen molar-refractivity contribution in [3.63, 3.8) is 0 Å². The van der Waals surface area contributed by atoms with Gasteiger partial charge in [-0.3, -0.25) is 0 Å². The van der Waals surface area contributed by atoms with Crippen molar-refractivity contribution < 1.29 is 19.1 Å². The molecule has 0 spiro atoms. The lowest BCUT2D eigenvalue weighted by Crippen LogP contribution is -1.99. The quantitative estimate of drug-likeness (QED) is 0.378. The first-order valence-corrected chi connectivity index (χ1v) is 4.39. The second-order valence-electron chi connectivity index (χ2n) is 2.22. The molecule has 0 aliphatic heterocycles. The summed E-state index contributed by atoms with van der Waals surface area (Å²) >= 11 is 0. The van der Waals surface area contributed by atoms with Crippen LogP contribution in [0.1, 0.15) is 13.8 Å². The Hall–Kier alpha value is -1.58. The molecule has 78 valence electrons. The van der Waals surface area contributed by atoms with Gasteiger partial charge >= 0.3 is 11.9 Å². The van der Waals surface area contributed by atoms with Gasteiger partial charge < -0.3 is 9.47 Å². The van der Waals surface area contributed by atoms with Crippen LogP contribution in [0.4, 0.5) is 0 Å². The number of rotatable bonds is 5. The van der Waals surface area contributed by atoms with Crippen molar-refractivity contribution in [1.82, 2.24) is 0 Å². The number of carbonyl (C=O) groups is 2. The number of esters is 2. The average Bonchev–Trinajstić information content (AvgIpc) is 2.13. The van der Waals surface area contributed by atoms with Gasteiger partial charge in [-0.15, -0.1) is 0 Å². The lowest BCUT2D eigenvalue weighted by molar-refractivity contribution is -0.138. The molecule has 0 aromatic rings. The molecule has 0 amide bonds. The van der Waals surface area contributed by atoms with E-state index >= 15 is 0 Å². The molecule has 0 rings (SSSR count). The molecule has 0 saturated carbocycles. The van der Waals surface area contributed by atoms with E-state index in [1.165, 1.54) is 24.3 Å². The molecule has 0 aromatic carbocycles. The van der Waals surface area contributed by atoms with E-state index in [9.17, 15) is 9.59 Å². The van der Waals surface area contributed by atoms with Gasteiger partial charge in [0.1, 0.15) is 0 Å². The van der Waals surface area contributed by atoms with E-state index in [0.29, 0.717) is 13.2 Å². The second-order valence-corrected chi connectivity index (χ2v) is 2.22. The predicted molar refractivity (Wildman–Crippen MR) is 51.5 cm³/mol. The Morgan fingerprint density at radius 2 is 1.29 bits per heavy atom. The van der Waals surface area contributed by atoms with Crippen molar-refractivity contribution in [2.75, 3.05) is 13.2 Å². The van der Waals surface area contributed by atoms with E-state index in [2.05, 4.69) is 9.47 Å². The third kappa shape index (κ3) is 7.09. The highest BCUT2D eigenvalue weighted by atomic mass is 16.5. The minimum atomic E-state index is -0.430. The Kier molecular flexibility index (Phi) is 7.13. The van der Waals surface area contributed by atoms with Crippen LogP contribution in [0.3, 0.4) is 0 Å². The molecule has 0 unspecified atom stereocenters. The minimum absolute atomic E-state index is 0.338. The number of hydrogen-bond donors (Lipinski definition) is 0. The SMILES string of the molecule is CCOC(=O)/C=C\C=C/C(=O)OCC. The molecule has 0 N–H and O–H groups in total. The fourth-order valence-electron chi connectivity index (χ4n) is 0.649. The Balaban J connectivity index is 3.80. The van der Waals surface area contributed by atoms with E-state index in [0.717, 1.165) is 0 Å². The highest BCUT2D eigenvalue weighted by Crippen LogP contribution is 1.85. The summed E-state index contributed by atoms with van der Waals surface area (Å²) in [5.74, 6) is -0.859. The molecule has 0 fully saturated rings. The zero-order valence-corrected chi connectivity index (χ0v) is 8.36. The van der Waals surface area contributed by atoms with Crippen molar-refractivity contribution in [3.05, 3.63) is 24.3 Å². The van der Waals surface area contributed by atoms with E-state index < -0.39 is 11.9 Å². The molecule has 14 heavy (non-hydrogen) atoms. The standard InChI is InChI=1S/C10H14O4/c1-3-13-9(11)7-5-6-8-10(12)14-4-2/h5-8H,3-4H2,1-2H3/b7-5-,8-6-. The molecular formula is C10H14O4. The van der Waals surface area contributed by atoms with E-state index in [1.54, 1.807) is 13.8 Å². The van der Waals surface area contributed by atoms with Crippen molar-refractivity contribution >= 4 is 11.9 Å². The molecule has 0 saturated heterocycles. The summed E-state index contributed by atoms with van der Waals surface area (Å²) in [5.41, 5.74) is 0. The molecule has 0 bridgehead atoms. The van der Waals surface area contributed by atoms with Crippen molar-refractivity contribution in [3.8, 4) is 0 Å². The van der Waals surface area contributed by atoms with Crippen LogP contribution in [-0.4, -0.2) is 25.2 Å². The molecule has 4 heteroatoms. The average molecular weight is 198 g/mol. The normalized spacial score (nSPS) is 10.7. The Labute approximate surface area is 83.2 Å². The van der Waals surface area contributed by atoms with Crippen LogP contribution in [-0.2, 0) is 19.1 Å². The van der Waals surface area contributed by atoms with Crippen molar-refractivity contribution in [1.29, 1.82) is 0 Å². The second kappa shape index (κ2) is 8.04. The summed E-state index contributed by atoms with van der Waals surface area (Å²) in [7, 11) is 0. The van der Waals surface area contributed by atoms with Gasteiger partial charge in [-0.1, -0.05) is 12.2 Å². The highest BCUT2D eigenvalue weighted by Gasteiger charge is 1.92. The third-order valence-corrected chi connectivity index (χ3v) is 1.15. The van der Waals surface area contributed by atoms with Crippen LogP contribution >= 0.6 is 0 Å². The Morgan fingerprint density at radius 3 is 1.57 bits per heavy atom. The van der Waals surface area contributed by atoms with Gasteiger partial charge in [0.05, 0.1) is 13.2 Å². The van der Waals surface area contributed by atoms with Gasteiger partial charge in [-0.25, -0.2) is 9.59 Å². The molecular weight excluding hydrogens is 184 g/mol. The molecule has 0 aromatic heterocycles. The highest BCUT2D eigenvalue weighted by molar-refractivity contribution is 5.84. The smallest absolute Gasteiger partial charge is 0.330 e. The summed E-state index contributed by atoms with van der Waals surface area (Å²) in [6, 6.07) is 0. The predicted octanol–water partition coefficient (Wildman–Crippen LogP) is 1.22. The fourth-order valence-corrected chi connectivity index (χ4v) is 0.649. The zero-order valence-electron chi connectivity index (χ0n) is 8.36. The van der Waals surface area contributed by atoms with Gasteiger partial charge in [0.15, 0.2) is 0 Å². The molecule has 0 atom stereocenters. The van der Waals surface area contributed by atoms with Crippen LogP contribution in [0.5, 0.6) is 0 Å². The van der Waals surface area contributed by atoms with Crippen LogP contribution in [0, 0.1) is 0 Å². The van der Waals surface area contributed by atoms with Crippen LogP contribution in [0.25, 0.3) is 0 Å². The van der Waals surface area contributed by atoms with Gasteiger partial charge in [0.25, 0.3) is 0 Å². The first-order valence-electron chi connectivity index (χ1n) is 4.39. The molecule has 0 radical (unpaired) electrons. The van der Waals surface area contributed by atoms with E-state index in [4.69, 9.17) is 0 Å². The number of ether oxygens (including phenoxy) is 2. The Bertz CT molecular complexity index is 215. The summed E-state index contributed by atoms with van der Waals surface area (Å²) < 4.78 is 9.24. The monoisotopic (exact) mass is 198 g/mol. The summed E-state index contributed by atoms with van der Waals surface area (Å²) in [4.78, 5) is 21.5.